The van der Waals surface area contributed by atoms with Crippen LogP contribution in [0.5, 0.6) is 0 Å². The first-order valence-corrected chi connectivity index (χ1v) is 8.26. The molecule has 0 unspecified atom stereocenters. The third-order valence-electron chi connectivity index (χ3n) is 3.98. The summed E-state index contributed by atoms with van der Waals surface area (Å²) >= 11 is 0. The summed E-state index contributed by atoms with van der Waals surface area (Å²) in [6.07, 6.45) is 0.136. The third-order valence-corrected chi connectivity index (χ3v) is 3.98. The number of non-ortho nitro benzene ring substituents is 1. The fraction of sp³-hybridized carbons (Fsp3) is 0.0476. The highest BCUT2D eigenvalue weighted by molar-refractivity contribution is 6.14. The molecular formula is C21H16N2O4. The van der Waals surface area contributed by atoms with Crippen LogP contribution in [0, 0.1) is 10.1 Å². The number of hydrogen-bond donors (Lipinski definition) is 1. The summed E-state index contributed by atoms with van der Waals surface area (Å²) in [5, 5.41) is 13.8. The first kappa shape index (κ1) is 18.0. The van der Waals surface area contributed by atoms with Gasteiger partial charge in [0, 0.05) is 17.7 Å². The molecule has 0 aromatic heterocycles. The molecular weight excluding hydrogens is 344 g/mol. The molecule has 0 bridgehead atoms. The van der Waals surface area contributed by atoms with Gasteiger partial charge >= 0.3 is 0 Å². The number of nitro groups is 1. The zero-order chi connectivity index (χ0) is 19.2. The molecule has 0 aliphatic rings. The molecule has 1 N–H and O–H groups in total. The smallest absolute Gasteiger partial charge is 0.270 e. The first-order valence-electron chi connectivity index (χ1n) is 8.26. The number of hydrogen-bond acceptors (Lipinski definition) is 4. The molecule has 0 aliphatic carbocycles. The van der Waals surface area contributed by atoms with E-state index in [-0.39, 0.29) is 29.3 Å². The summed E-state index contributed by atoms with van der Waals surface area (Å²) in [4.78, 5) is 35.7. The summed E-state index contributed by atoms with van der Waals surface area (Å²) < 4.78 is 0. The van der Waals surface area contributed by atoms with Crippen molar-refractivity contribution in [1.29, 1.82) is 0 Å². The van der Waals surface area contributed by atoms with Gasteiger partial charge in [0.2, 0.25) is 5.91 Å². The van der Waals surface area contributed by atoms with E-state index >= 15 is 0 Å². The summed E-state index contributed by atoms with van der Waals surface area (Å²) in [7, 11) is 0. The van der Waals surface area contributed by atoms with E-state index < -0.39 is 10.7 Å². The van der Waals surface area contributed by atoms with Crippen LogP contribution in [0.4, 0.5) is 11.4 Å². The maximum Gasteiger partial charge on any atom is 0.270 e. The Hall–Kier alpha value is -3.80. The largest absolute Gasteiger partial charge is 0.325 e. The van der Waals surface area contributed by atoms with Gasteiger partial charge in [0.15, 0.2) is 5.78 Å². The molecule has 134 valence electrons. The molecule has 6 nitrogen and oxygen atoms in total. The van der Waals surface area contributed by atoms with E-state index in [4.69, 9.17) is 0 Å². The minimum atomic E-state index is -0.572. The highest BCUT2D eigenvalue weighted by Crippen LogP contribution is 2.25. The molecule has 27 heavy (non-hydrogen) atoms. The van der Waals surface area contributed by atoms with E-state index in [0.717, 1.165) is 5.56 Å². The molecule has 0 saturated carbocycles. The van der Waals surface area contributed by atoms with Crippen LogP contribution in [0.1, 0.15) is 21.5 Å². The van der Waals surface area contributed by atoms with Gasteiger partial charge in [-0.1, -0.05) is 60.7 Å². The van der Waals surface area contributed by atoms with Gasteiger partial charge in [-0.3, -0.25) is 19.7 Å². The fourth-order valence-corrected chi connectivity index (χ4v) is 2.66. The lowest BCUT2D eigenvalue weighted by Crippen LogP contribution is -2.17. The monoisotopic (exact) mass is 360 g/mol. The summed E-state index contributed by atoms with van der Waals surface area (Å²) in [6, 6.07) is 21.4. The Morgan fingerprint density at radius 3 is 2.15 bits per heavy atom. The molecule has 0 saturated heterocycles. The number of anilines is 1. The average molecular weight is 360 g/mol. The van der Waals surface area contributed by atoms with E-state index in [1.165, 1.54) is 18.2 Å². The maximum absolute atomic E-state index is 12.8. The maximum atomic E-state index is 12.8. The number of carbonyl (C=O) groups is 2. The zero-order valence-electron chi connectivity index (χ0n) is 14.3. The van der Waals surface area contributed by atoms with Gasteiger partial charge in [-0.05, 0) is 11.6 Å². The summed E-state index contributed by atoms with van der Waals surface area (Å²) in [5.74, 6) is -0.702. The predicted octanol–water partition coefficient (Wildman–Crippen LogP) is 4.01. The van der Waals surface area contributed by atoms with Crippen molar-refractivity contribution >= 4 is 23.1 Å². The van der Waals surface area contributed by atoms with E-state index in [1.807, 2.05) is 30.3 Å². The predicted molar refractivity (Wildman–Crippen MR) is 102 cm³/mol. The number of carbonyl (C=O) groups excluding carboxylic acids is 2. The number of amides is 1. The van der Waals surface area contributed by atoms with E-state index in [0.29, 0.717) is 5.56 Å². The highest BCUT2D eigenvalue weighted by Gasteiger charge is 2.19. The SMILES string of the molecule is O=C(Cc1ccccc1)Nc1ccc([N+](=O)[O-])cc1C(=O)c1ccccc1. The topological polar surface area (TPSA) is 89.3 Å². The van der Waals surface area contributed by atoms with Gasteiger partial charge in [0.25, 0.3) is 5.69 Å². The number of ketones is 1. The van der Waals surface area contributed by atoms with Crippen molar-refractivity contribution in [3.63, 3.8) is 0 Å². The quantitative estimate of drug-likeness (QED) is 0.409. The molecule has 0 spiro atoms. The lowest BCUT2D eigenvalue weighted by atomic mass is 10.0. The lowest BCUT2D eigenvalue weighted by molar-refractivity contribution is -0.384. The second kappa shape index (κ2) is 8.05. The Kier molecular flexibility index (Phi) is 5.37. The molecule has 0 radical (unpaired) electrons. The Bertz CT molecular complexity index is 986. The average Bonchev–Trinajstić information content (AvgIpc) is 2.69. The number of rotatable bonds is 6. The van der Waals surface area contributed by atoms with Gasteiger partial charge in [-0.15, -0.1) is 0 Å². The highest BCUT2D eigenvalue weighted by atomic mass is 16.6. The van der Waals surface area contributed by atoms with Gasteiger partial charge in [0.1, 0.15) is 0 Å². The second-order valence-corrected chi connectivity index (χ2v) is 5.89. The van der Waals surface area contributed by atoms with Crippen molar-refractivity contribution < 1.29 is 14.5 Å². The van der Waals surface area contributed by atoms with Gasteiger partial charge in [0.05, 0.1) is 22.6 Å². The van der Waals surface area contributed by atoms with Crippen LogP contribution in [0.2, 0.25) is 0 Å². The van der Waals surface area contributed by atoms with Crippen molar-refractivity contribution in [2.24, 2.45) is 0 Å². The molecule has 6 heteroatoms. The molecule has 3 rings (SSSR count). The Balaban J connectivity index is 1.91. The van der Waals surface area contributed by atoms with Gasteiger partial charge in [-0.2, -0.15) is 0 Å². The molecule has 0 fully saturated rings. The van der Waals surface area contributed by atoms with Crippen LogP contribution < -0.4 is 5.32 Å². The van der Waals surface area contributed by atoms with Gasteiger partial charge in [-0.25, -0.2) is 0 Å². The number of benzene rings is 3. The normalized spacial score (nSPS) is 10.2. The van der Waals surface area contributed by atoms with Crippen LogP contribution in [0.25, 0.3) is 0 Å². The van der Waals surface area contributed by atoms with Crippen molar-refractivity contribution in [1.82, 2.24) is 0 Å². The number of nitro benzene ring substituents is 1. The van der Waals surface area contributed by atoms with E-state index in [1.54, 1.807) is 30.3 Å². The van der Waals surface area contributed by atoms with E-state index in [9.17, 15) is 19.7 Å². The Labute approximate surface area is 155 Å². The summed E-state index contributed by atoms with van der Waals surface area (Å²) in [6.45, 7) is 0. The minimum absolute atomic E-state index is 0.0804. The van der Waals surface area contributed by atoms with Crippen LogP contribution >= 0.6 is 0 Å². The molecule has 0 atom stereocenters. The molecule has 0 heterocycles. The zero-order valence-corrected chi connectivity index (χ0v) is 14.3. The van der Waals surface area contributed by atoms with Crippen molar-refractivity contribution in [2.45, 2.75) is 6.42 Å². The Morgan fingerprint density at radius 1 is 0.889 bits per heavy atom. The molecule has 1 amide bonds. The lowest BCUT2D eigenvalue weighted by Gasteiger charge is -2.11. The third kappa shape index (κ3) is 4.43. The first-order chi connectivity index (χ1) is 13.0. The number of nitrogens with one attached hydrogen (secondary N) is 1. The molecule has 0 aliphatic heterocycles. The standard InChI is InChI=1S/C21H16N2O4/c24-20(13-15-7-3-1-4-8-15)22-19-12-11-17(23(26)27)14-18(19)21(25)16-9-5-2-6-10-16/h1-12,14H,13H2,(H,22,24). The van der Waals surface area contributed by atoms with Crippen LogP contribution in [-0.4, -0.2) is 16.6 Å². The van der Waals surface area contributed by atoms with Gasteiger partial charge < -0.3 is 5.32 Å². The van der Waals surface area contributed by atoms with Crippen LogP contribution in [-0.2, 0) is 11.2 Å². The fourth-order valence-electron chi connectivity index (χ4n) is 2.66. The van der Waals surface area contributed by atoms with Crippen molar-refractivity contribution in [2.75, 3.05) is 5.32 Å². The number of nitrogens with zero attached hydrogens (tertiary/aromatic N) is 1. The van der Waals surface area contributed by atoms with Crippen molar-refractivity contribution in [3.8, 4) is 0 Å². The molecule has 3 aromatic carbocycles. The summed E-state index contributed by atoms with van der Waals surface area (Å²) in [5.41, 5.74) is 1.33. The van der Waals surface area contributed by atoms with E-state index in [2.05, 4.69) is 5.32 Å². The van der Waals surface area contributed by atoms with Crippen molar-refractivity contribution in [3.05, 3.63) is 106 Å². The second-order valence-electron chi connectivity index (χ2n) is 5.89. The van der Waals surface area contributed by atoms with Crippen LogP contribution in [0.15, 0.2) is 78.9 Å². The molecule has 3 aromatic rings. The Morgan fingerprint density at radius 2 is 1.52 bits per heavy atom. The van der Waals surface area contributed by atoms with Crippen LogP contribution in [0.3, 0.4) is 0 Å². The minimum Gasteiger partial charge on any atom is -0.325 e.